The number of carbonyl (C=O) groups excluding carboxylic acids is 1. The van der Waals surface area contributed by atoms with Crippen molar-refractivity contribution in [2.75, 3.05) is 39.3 Å². The number of nitrogens with zero attached hydrogens (tertiary/aromatic N) is 4. The predicted octanol–water partition coefficient (Wildman–Crippen LogP) is 1.77. The summed E-state index contributed by atoms with van der Waals surface area (Å²) in [6.07, 6.45) is 4.71. The molecular formula is C15H25Cl2F2N5O. The van der Waals surface area contributed by atoms with E-state index in [0.29, 0.717) is 38.5 Å². The summed E-state index contributed by atoms with van der Waals surface area (Å²) < 4.78 is 26.6. The summed E-state index contributed by atoms with van der Waals surface area (Å²) in [4.78, 5) is 20.5. The number of carbonyl (C=O) groups is 1. The molecule has 0 aliphatic carbocycles. The van der Waals surface area contributed by atoms with Crippen molar-refractivity contribution in [2.24, 2.45) is 5.92 Å². The molecule has 0 saturated carbocycles. The van der Waals surface area contributed by atoms with E-state index in [1.807, 2.05) is 4.90 Å². The first-order valence-electron chi connectivity index (χ1n) is 8.17. The Labute approximate surface area is 158 Å². The fourth-order valence-corrected chi connectivity index (χ4v) is 3.29. The minimum atomic E-state index is -2.56. The zero-order valence-corrected chi connectivity index (χ0v) is 15.6. The monoisotopic (exact) mass is 399 g/mol. The van der Waals surface area contributed by atoms with Crippen LogP contribution < -0.4 is 5.32 Å². The third kappa shape index (κ3) is 5.51. The molecule has 1 atom stereocenters. The minimum Gasteiger partial charge on any atom is -0.340 e. The lowest BCUT2D eigenvalue weighted by atomic mass is 9.98. The number of alkyl halides is 2. The van der Waals surface area contributed by atoms with Gasteiger partial charge in [-0.05, 0) is 19.4 Å². The van der Waals surface area contributed by atoms with Crippen LogP contribution in [-0.4, -0.2) is 64.5 Å². The summed E-state index contributed by atoms with van der Waals surface area (Å²) in [6, 6.07) is 0. The molecule has 0 spiro atoms. The molecule has 25 heavy (non-hydrogen) atoms. The number of amides is 1. The van der Waals surface area contributed by atoms with Crippen molar-refractivity contribution in [3.63, 3.8) is 0 Å². The maximum Gasteiger partial charge on any atom is 0.319 e. The molecule has 6 nitrogen and oxygen atoms in total. The van der Waals surface area contributed by atoms with Crippen LogP contribution in [0.4, 0.5) is 8.78 Å². The summed E-state index contributed by atoms with van der Waals surface area (Å²) in [5, 5.41) is 3.27. The van der Waals surface area contributed by atoms with E-state index in [4.69, 9.17) is 0 Å². The van der Waals surface area contributed by atoms with Crippen LogP contribution in [0, 0.1) is 5.92 Å². The lowest BCUT2D eigenvalue weighted by Gasteiger charge is -2.37. The highest BCUT2D eigenvalue weighted by molar-refractivity contribution is 5.85. The molecule has 2 aliphatic heterocycles. The number of halogens is 4. The molecule has 3 rings (SSSR count). The van der Waals surface area contributed by atoms with Gasteiger partial charge in [0.2, 0.25) is 5.91 Å². The van der Waals surface area contributed by atoms with E-state index in [2.05, 4.69) is 15.2 Å². The van der Waals surface area contributed by atoms with Crippen LogP contribution in [0.25, 0.3) is 0 Å². The molecule has 2 fully saturated rings. The summed E-state index contributed by atoms with van der Waals surface area (Å²) >= 11 is 0. The minimum absolute atomic E-state index is 0. The van der Waals surface area contributed by atoms with Crippen LogP contribution in [0.1, 0.15) is 25.2 Å². The van der Waals surface area contributed by atoms with Crippen LogP contribution in [0.2, 0.25) is 0 Å². The number of piperazine rings is 1. The number of rotatable bonds is 4. The number of piperidine rings is 1. The van der Waals surface area contributed by atoms with Gasteiger partial charge in [0, 0.05) is 45.1 Å². The number of hydrogen-bond donors (Lipinski definition) is 1. The van der Waals surface area contributed by atoms with E-state index in [1.165, 1.54) is 12.4 Å². The van der Waals surface area contributed by atoms with Gasteiger partial charge in [-0.15, -0.1) is 24.8 Å². The molecule has 1 amide bonds. The van der Waals surface area contributed by atoms with Crippen molar-refractivity contribution in [1.29, 1.82) is 0 Å². The van der Waals surface area contributed by atoms with Crippen molar-refractivity contribution in [2.45, 2.75) is 25.9 Å². The molecule has 0 radical (unpaired) electrons. The van der Waals surface area contributed by atoms with Crippen molar-refractivity contribution in [1.82, 2.24) is 24.7 Å². The topological polar surface area (TPSA) is 53.4 Å². The molecule has 1 aromatic heterocycles. The van der Waals surface area contributed by atoms with Gasteiger partial charge in [-0.3, -0.25) is 14.3 Å². The second-order valence-corrected chi connectivity index (χ2v) is 6.17. The highest BCUT2D eigenvalue weighted by Gasteiger charge is 2.28. The molecule has 0 bridgehead atoms. The smallest absolute Gasteiger partial charge is 0.319 e. The van der Waals surface area contributed by atoms with Gasteiger partial charge >= 0.3 is 6.55 Å². The zero-order chi connectivity index (χ0) is 16.2. The van der Waals surface area contributed by atoms with Crippen molar-refractivity contribution in [3.8, 4) is 0 Å². The Kier molecular flexibility index (Phi) is 9.06. The molecular weight excluding hydrogens is 375 g/mol. The first-order chi connectivity index (χ1) is 11.1. The molecule has 0 aromatic carbocycles. The quantitative estimate of drug-likeness (QED) is 0.837. The van der Waals surface area contributed by atoms with Gasteiger partial charge < -0.3 is 10.2 Å². The van der Waals surface area contributed by atoms with Crippen LogP contribution in [0.5, 0.6) is 0 Å². The molecule has 144 valence electrons. The van der Waals surface area contributed by atoms with Gasteiger partial charge in [0.1, 0.15) is 5.82 Å². The van der Waals surface area contributed by atoms with Crippen LogP contribution in [0.15, 0.2) is 12.4 Å². The molecule has 1 unspecified atom stereocenters. The maximum absolute atomic E-state index is 12.8. The average Bonchev–Trinajstić information content (AvgIpc) is 3.04. The number of nitrogens with one attached hydrogen (secondary N) is 1. The number of aromatic nitrogens is 2. The highest BCUT2D eigenvalue weighted by atomic mass is 35.5. The summed E-state index contributed by atoms with van der Waals surface area (Å²) in [7, 11) is 0. The van der Waals surface area contributed by atoms with Gasteiger partial charge in [-0.2, -0.15) is 8.78 Å². The first-order valence-corrected chi connectivity index (χ1v) is 8.17. The highest BCUT2D eigenvalue weighted by Crippen LogP contribution is 2.17. The van der Waals surface area contributed by atoms with E-state index < -0.39 is 6.55 Å². The Morgan fingerprint density at radius 3 is 2.60 bits per heavy atom. The van der Waals surface area contributed by atoms with Crippen molar-refractivity contribution in [3.05, 3.63) is 18.2 Å². The summed E-state index contributed by atoms with van der Waals surface area (Å²) in [6.45, 7) is 2.30. The zero-order valence-electron chi connectivity index (χ0n) is 13.9. The van der Waals surface area contributed by atoms with Crippen LogP contribution >= 0.6 is 24.8 Å². The molecule has 1 aromatic rings. The second-order valence-electron chi connectivity index (χ2n) is 6.17. The normalized spacial score (nSPS) is 21.6. The Balaban J connectivity index is 0.00000156. The lowest BCUT2D eigenvalue weighted by molar-refractivity contribution is -0.137. The Bertz CT molecular complexity index is 532. The van der Waals surface area contributed by atoms with Gasteiger partial charge in [0.15, 0.2) is 0 Å². The molecule has 2 aliphatic rings. The third-order valence-electron chi connectivity index (χ3n) is 4.65. The second kappa shape index (κ2) is 10.3. The molecule has 1 N–H and O–H groups in total. The van der Waals surface area contributed by atoms with Crippen molar-refractivity contribution >= 4 is 30.7 Å². The standard InChI is InChI=1S/C15H23F2N5O.2ClH/c16-15(17)22-5-4-19-13(22)11-20-6-8-21(9-7-20)14(23)12-2-1-3-18-10-12;;/h4-5,12,15,18H,1-3,6-11H2;2*1H. The van der Waals surface area contributed by atoms with E-state index in [-0.39, 0.29) is 36.6 Å². The molecule has 3 heterocycles. The largest absolute Gasteiger partial charge is 0.340 e. The third-order valence-corrected chi connectivity index (χ3v) is 4.65. The number of imidazole rings is 1. The summed E-state index contributed by atoms with van der Waals surface area (Å²) in [5.74, 6) is 0.690. The van der Waals surface area contributed by atoms with Gasteiger partial charge in [-0.25, -0.2) is 4.98 Å². The fourth-order valence-electron chi connectivity index (χ4n) is 3.29. The van der Waals surface area contributed by atoms with Crippen LogP contribution in [-0.2, 0) is 11.3 Å². The average molecular weight is 400 g/mol. The lowest BCUT2D eigenvalue weighted by Crippen LogP contribution is -2.52. The number of hydrogen-bond acceptors (Lipinski definition) is 4. The van der Waals surface area contributed by atoms with E-state index in [0.717, 1.165) is 30.5 Å². The van der Waals surface area contributed by atoms with Gasteiger partial charge in [-0.1, -0.05) is 0 Å². The molecule has 2 saturated heterocycles. The fraction of sp³-hybridized carbons (Fsp3) is 0.733. The Hall–Kier alpha value is -0.960. The Morgan fingerprint density at radius 2 is 2.00 bits per heavy atom. The molecule has 10 heteroatoms. The van der Waals surface area contributed by atoms with Gasteiger partial charge in [0.05, 0.1) is 12.5 Å². The van der Waals surface area contributed by atoms with Crippen molar-refractivity contribution < 1.29 is 13.6 Å². The summed E-state index contributed by atoms with van der Waals surface area (Å²) in [5.41, 5.74) is 0. The SMILES string of the molecule is Cl.Cl.O=C(C1CCCNC1)N1CCN(Cc2nccn2C(F)F)CC1. The van der Waals surface area contributed by atoms with E-state index >= 15 is 0 Å². The Morgan fingerprint density at radius 1 is 1.28 bits per heavy atom. The van der Waals surface area contributed by atoms with E-state index in [1.54, 1.807) is 0 Å². The van der Waals surface area contributed by atoms with Crippen LogP contribution in [0.3, 0.4) is 0 Å². The maximum atomic E-state index is 12.8. The predicted molar refractivity (Wildman–Crippen MR) is 95.4 cm³/mol. The first kappa shape index (κ1) is 22.1. The van der Waals surface area contributed by atoms with E-state index in [9.17, 15) is 13.6 Å². The van der Waals surface area contributed by atoms with Gasteiger partial charge in [0.25, 0.3) is 0 Å².